The summed E-state index contributed by atoms with van der Waals surface area (Å²) in [6.07, 6.45) is 1.38. The van der Waals surface area contributed by atoms with Gasteiger partial charge in [-0.15, -0.1) is 0 Å². The highest BCUT2D eigenvalue weighted by Crippen LogP contribution is 2.38. The van der Waals surface area contributed by atoms with Gasteiger partial charge in [0.25, 0.3) is 0 Å². The number of aromatic nitrogens is 1. The Bertz CT molecular complexity index is 765. The number of Topliss-reactive ketones (excluding diaryl/α,β-unsaturated/α-hetero) is 1. The summed E-state index contributed by atoms with van der Waals surface area (Å²) in [5.41, 5.74) is 1.41. The SMILES string of the molecule is CC1(C)CC(=O)c2sc(NC(=O)Cc3ccc(F)cc3)nc2C1. The summed E-state index contributed by atoms with van der Waals surface area (Å²) in [5.74, 6) is -0.468. The van der Waals surface area contributed by atoms with Crippen LogP contribution in [0.3, 0.4) is 0 Å². The second-order valence-electron chi connectivity index (χ2n) is 6.59. The van der Waals surface area contributed by atoms with Gasteiger partial charge in [-0.25, -0.2) is 9.37 Å². The van der Waals surface area contributed by atoms with Crippen molar-refractivity contribution in [3.63, 3.8) is 0 Å². The van der Waals surface area contributed by atoms with Gasteiger partial charge in [-0.2, -0.15) is 0 Å². The van der Waals surface area contributed by atoms with Crippen LogP contribution < -0.4 is 5.32 Å². The highest BCUT2D eigenvalue weighted by atomic mass is 32.1. The zero-order chi connectivity index (χ0) is 16.6. The summed E-state index contributed by atoms with van der Waals surface area (Å²) in [5, 5.41) is 3.18. The molecule has 1 amide bonds. The number of rotatable bonds is 3. The second kappa shape index (κ2) is 5.85. The zero-order valence-corrected chi connectivity index (χ0v) is 13.8. The molecule has 1 N–H and O–H groups in total. The molecule has 23 heavy (non-hydrogen) atoms. The van der Waals surface area contributed by atoms with Gasteiger partial charge < -0.3 is 5.32 Å². The lowest BCUT2D eigenvalue weighted by Gasteiger charge is -2.26. The number of thiazole rings is 1. The first kappa shape index (κ1) is 15.8. The van der Waals surface area contributed by atoms with Crippen LogP contribution in [0, 0.1) is 11.2 Å². The third-order valence-electron chi connectivity index (χ3n) is 3.76. The Hall–Kier alpha value is -2.08. The van der Waals surface area contributed by atoms with E-state index in [1.807, 2.05) is 13.8 Å². The van der Waals surface area contributed by atoms with Crippen molar-refractivity contribution in [1.29, 1.82) is 0 Å². The van der Waals surface area contributed by atoms with Crippen molar-refractivity contribution < 1.29 is 14.0 Å². The molecule has 2 aromatic rings. The maximum atomic E-state index is 12.9. The molecular weight excluding hydrogens is 315 g/mol. The molecule has 0 bridgehead atoms. The van der Waals surface area contributed by atoms with Crippen LogP contribution in [0.15, 0.2) is 24.3 Å². The molecule has 1 aliphatic carbocycles. The van der Waals surface area contributed by atoms with E-state index in [4.69, 9.17) is 0 Å². The number of anilines is 1. The summed E-state index contributed by atoms with van der Waals surface area (Å²) in [7, 11) is 0. The molecule has 0 saturated heterocycles. The van der Waals surface area contributed by atoms with E-state index in [9.17, 15) is 14.0 Å². The number of amides is 1. The van der Waals surface area contributed by atoms with Gasteiger partial charge in [0.1, 0.15) is 5.82 Å². The Morgan fingerprint density at radius 2 is 2.00 bits per heavy atom. The predicted octanol–water partition coefficient (Wildman–Crippen LogP) is 3.62. The topological polar surface area (TPSA) is 59.1 Å². The third-order valence-corrected chi connectivity index (χ3v) is 4.81. The van der Waals surface area contributed by atoms with Crippen LogP contribution in [0.2, 0.25) is 0 Å². The fourth-order valence-corrected chi connectivity index (χ4v) is 3.66. The fraction of sp³-hybridized carbons (Fsp3) is 0.353. The van der Waals surface area contributed by atoms with Gasteiger partial charge in [-0.1, -0.05) is 37.3 Å². The van der Waals surface area contributed by atoms with Gasteiger partial charge in [0.15, 0.2) is 10.9 Å². The van der Waals surface area contributed by atoms with Gasteiger partial charge in [-0.3, -0.25) is 9.59 Å². The molecule has 1 aromatic heterocycles. The van der Waals surface area contributed by atoms with Crippen molar-refractivity contribution >= 4 is 28.2 Å². The van der Waals surface area contributed by atoms with E-state index in [1.54, 1.807) is 12.1 Å². The number of nitrogens with one attached hydrogen (secondary N) is 1. The molecule has 3 rings (SSSR count). The quantitative estimate of drug-likeness (QED) is 0.934. The number of ketones is 1. The minimum Gasteiger partial charge on any atom is -0.302 e. The lowest BCUT2D eigenvalue weighted by Crippen LogP contribution is -2.26. The first-order valence-corrected chi connectivity index (χ1v) is 8.21. The van der Waals surface area contributed by atoms with Crippen molar-refractivity contribution in [2.24, 2.45) is 5.41 Å². The maximum Gasteiger partial charge on any atom is 0.230 e. The average molecular weight is 332 g/mol. The minimum absolute atomic E-state index is 0.0897. The van der Waals surface area contributed by atoms with E-state index in [0.717, 1.165) is 17.7 Å². The number of nitrogens with zero attached hydrogens (tertiary/aromatic N) is 1. The fourth-order valence-electron chi connectivity index (χ4n) is 2.72. The Labute approximate surface area is 137 Å². The Kier molecular flexibility index (Phi) is 4.02. The lowest BCUT2D eigenvalue weighted by molar-refractivity contribution is -0.115. The predicted molar refractivity (Wildman–Crippen MR) is 87.3 cm³/mol. The van der Waals surface area contributed by atoms with Crippen LogP contribution in [0.5, 0.6) is 0 Å². The van der Waals surface area contributed by atoms with Gasteiger partial charge in [0, 0.05) is 6.42 Å². The third kappa shape index (κ3) is 3.64. The summed E-state index contributed by atoms with van der Waals surface area (Å²) < 4.78 is 12.9. The highest BCUT2D eigenvalue weighted by molar-refractivity contribution is 7.17. The molecule has 0 spiro atoms. The number of benzene rings is 1. The first-order chi connectivity index (χ1) is 10.8. The van der Waals surface area contributed by atoms with Gasteiger partial charge in [0.05, 0.1) is 17.0 Å². The molecule has 0 saturated carbocycles. The largest absolute Gasteiger partial charge is 0.302 e. The summed E-state index contributed by atoms with van der Waals surface area (Å²) >= 11 is 1.23. The smallest absolute Gasteiger partial charge is 0.230 e. The number of hydrogen-bond donors (Lipinski definition) is 1. The molecule has 1 aliphatic rings. The van der Waals surface area contributed by atoms with Crippen molar-refractivity contribution in [2.75, 3.05) is 5.32 Å². The molecule has 1 heterocycles. The Morgan fingerprint density at radius 3 is 2.70 bits per heavy atom. The molecule has 0 radical (unpaired) electrons. The number of carbonyl (C=O) groups is 2. The van der Waals surface area contributed by atoms with E-state index >= 15 is 0 Å². The van der Waals surface area contributed by atoms with Crippen molar-refractivity contribution in [3.05, 3.63) is 46.2 Å². The van der Waals surface area contributed by atoms with Crippen molar-refractivity contribution in [3.8, 4) is 0 Å². The molecule has 1 aromatic carbocycles. The van der Waals surface area contributed by atoms with Crippen LogP contribution >= 0.6 is 11.3 Å². The minimum atomic E-state index is -0.331. The molecule has 0 atom stereocenters. The van der Waals surface area contributed by atoms with E-state index in [-0.39, 0.29) is 29.3 Å². The molecular formula is C17H17FN2O2S. The van der Waals surface area contributed by atoms with Gasteiger partial charge in [0.2, 0.25) is 5.91 Å². The van der Waals surface area contributed by atoms with E-state index < -0.39 is 0 Å². The van der Waals surface area contributed by atoms with Gasteiger partial charge >= 0.3 is 0 Å². The summed E-state index contributed by atoms with van der Waals surface area (Å²) in [6.45, 7) is 4.08. The maximum absolute atomic E-state index is 12.9. The standard InChI is InChI=1S/C17H17FN2O2S/c1-17(2)8-12-15(13(21)9-17)23-16(19-12)20-14(22)7-10-3-5-11(18)6-4-10/h3-6H,7-9H2,1-2H3,(H,19,20,22). The van der Waals surface area contributed by atoms with Crippen molar-refractivity contribution in [2.45, 2.75) is 33.1 Å². The monoisotopic (exact) mass is 332 g/mol. The van der Waals surface area contributed by atoms with Gasteiger partial charge in [-0.05, 0) is 29.5 Å². The number of carbonyl (C=O) groups excluding carboxylic acids is 2. The van der Waals surface area contributed by atoms with Crippen LogP contribution in [0.4, 0.5) is 9.52 Å². The second-order valence-corrected chi connectivity index (χ2v) is 7.59. The van der Waals surface area contributed by atoms with E-state index in [2.05, 4.69) is 10.3 Å². The molecule has 0 aliphatic heterocycles. The first-order valence-electron chi connectivity index (χ1n) is 7.40. The molecule has 0 unspecified atom stereocenters. The summed E-state index contributed by atoms with van der Waals surface area (Å²) in [6, 6.07) is 5.80. The number of hydrogen-bond acceptors (Lipinski definition) is 4. The lowest BCUT2D eigenvalue weighted by atomic mass is 9.78. The average Bonchev–Trinajstić information content (AvgIpc) is 2.82. The van der Waals surface area contributed by atoms with Crippen LogP contribution in [0.1, 0.15) is 41.2 Å². The zero-order valence-electron chi connectivity index (χ0n) is 13.0. The number of fused-ring (bicyclic) bond motifs is 1. The van der Waals surface area contributed by atoms with Crippen molar-refractivity contribution in [1.82, 2.24) is 4.98 Å². The van der Waals surface area contributed by atoms with E-state index in [0.29, 0.717) is 16.4 Å². The molecule has 0 fully saturated rings. The normalized spacial score (nSPS) is 16.0. The highest BCUT2D eigenvalue weighted by Gasteiger charge is 2.34. The molecule has 120 valence electrons. The van der Waals surface area contributed by atoms with Crippen LogP contribution in [-0.2, 0) is 17.6 Å². The molecule has 4 nitrogen and oxygen atoms in total. The van der Waals surface area contributed by atoms with Crippen LogP contribution in [0.25, 0.3) is 0 Å². The van der Waals surface area contributed by atoms with E-state index in [1.165, 1.54) is 23.5 Å². The summed E-state index contributed by atoms with van der Waals surface area (Å²) in [4.78, 5) is 29.3. The van der Waals surface area contributed by atoms with Crippen LogP contribution in [-0.4, -0.2) is 16.7 Å². The Balaban J connectivity index is 1.70. The number of halogens is 1. The Morgan fingerprint density at radius 1 is 1.30 bits per heavy atom. The molecule has 6 heteroatoms.